The number of hydrogen-bond donors (Lipinski definition) is 2. The number of nitrogens with zero attached hydrogens (tertiary/aromatic N) is 2. The Morgan fingerprint density at radius 3 is 2.44 bits per heavy atom. The van der Waals surface area contributed by atoms with Crippen molar-refractivity contribution in [3.8, 4) is 0 Å². The summed E-state index contributed by atoms with van der Waals surface area (Å²) in [5.74, 6) is 0.508. The van der Waals surface area contributed by atoms with Crippen LogP contribution in [0.15, 0.2) is 43.0 Å². The molecule has 1 atom stereocenters. The topological polar surface area (TPSA) is 61.6 Å². The summed E-state index contributed by atoms with van der Waals surface area (Å²) in [5, 5.41) is 3.26. The number of benzene rings is 1. The van der Waals surface area contributed by atoms with E-state index in [1.54, 1.807) is 0 Å². The standard InChI is InChI=1S/C22H34N4O/c1-2-6-21(23)19-9-15-26(16-10-19)22(27)24-20-11-13-25(14-12-20)17-18-7-4-3-5-8-18/h2-5,7-8,19-21H,1,6,9-17,23H2,(H,24,27). The third kappa shape index (κ3) is 5.81. The van der Waals surface area contributed by atoms with Crippen molar-refractivity contribution in [2.75, 3.05) is 26.2 Å². The van der Waals surface area contributed by atoms with Gasteiger partial charge in [0.2, 0.25) is 0 Å². The van der Waals surface area contributed by atoms with Crippen molar-refractivity contribution in [1.29, 1.82) is 0 Å². The maximum atomic E-state index is 12.6. The van der Waals surface area contributed by atoms with Crippen molar-refractivity contribution in [3.63, 3.8) is 0 Å². The maximum Gasteiger partial charge on any atom is 0.317 e. The molecule has 2 amide bonds. The monoisotopic (exact) mass is 370 g/mol. The Labute approximate surface area is 163 Å². The quantitative estimate of drug-likeness (QED) is 0.757. The first kappa shape index (κ1) is 19.9. The van der Waals surface area contributed by atoms with Crippen LogP contribution in [0.25, 0.3) is 0 Å². The van der Waals surface area contributed by atoms with Crippen LogP contribution in [0.2, 0.25) is 0 Å². The zero-order valence-electron chi connectivity index (χ0n) is 16.4. The van der Waals surface area contributed by atoms with Gasteiger partial charge in [-0.1, -0.05) is 36.4 Å². The van der Waals surface area contributed by atoms with E-state index in [4.69, 9.17) is 5.73 Å². The van der Waals surface area contributed by atoms with Gasteiger partial charge in [0.15, 0.2) is 0 Å². The van der Waals surface area contributed by atoms with E-state index in [0.717, 1.165) is 64.8 Å². The lowest BCUT2D eigenvalue weighted by Gasteiger charge is -2.37. The van der Waals surface area contributed by atoms with Gasteiger partial charge in [-0.2, -0.15) is 0 Å². The molecule has 5 heteroatoms. The highest BCUT2D eigenvalue weighted by atomic mass is 16.2. The minimum atomic E-state index is 0.104. The van der Waals surface area contributed by atoms with Gasteiger partial charge in [0.05, 0.1) is 0 Å². The van der Waals surface area contributed by atoms with Crippen molar-refractivity contribution in [2.24, 2.45) is 11.7 Å². The van der Waals surface area contributed by atoms with Gasteiger partial charge in [-0.25, -0.2) is 4.79 Å². The third-order valence-corrected chi connectivity index (χ3v) is 6.04. The fourth-order valence-electron chi connectivity index (χ4n) is 4.26. The van der Waals surface area contributed by atoms with E-state index < -0.39 is 0 Å². The van der Waals surface area contributed by atoms with E-state index in [-0.39, 0.29) is 12.1 Å². The average molecular weight is 371 g/mol. The normalized spacial score (nSPS) is 21.0. The van der Waals surface area contributed by atoms with Gasteiger partial charge in [-0.05, 0) is 43.6 Å². The van der Waals surface area contributed by atoms with Crippen LogP contribution >= 0.6 is 0 Å². The lowest BCUT2D eigenvalue weighted by atomic mass is 9.88. The summed E-state index contributed by atoms with van der Waals surface area (Å²) in [6, 6.07) is 11.2. The molecular formula is C22H34N4O. The van der Waals surface area contributed by atoms with Gasteiger partial charge in [-0.15, -0.1) is 6.58 Å². The summed E-state index contributed by atoms with van der Waals surface area (Å²) in [6.07, 6.45) is 6.81. The highest BCUT2D eigenvalue weighted by Gasteiger charge is 2.28. The number of piperidine rings is 2. The number of rotatable bonds is 6. The summed E-state index contributed by atoms with van der Waals surface area (Å²) >= 11 is 0. The van der Waals surface area contributed by atoms with E-state index in [2.05, 4.69) is 47.1 Å². The first-order valence-electron chi connectivity index (χ1n) is 10.3. The molecule has 2 heterocycles. The number of likely N-dealkylation sites (tertiary alicyclic amines) is 2. The number of nitrogens with one attached hydrogen (secondary N) is 1. The molecule has 1 aromatic rings. The molecule has 27 heavy (non-hydrogen) atoms. The Bertz CT molecular complexity index is 590. The van der Waals surface area contributed by atoms with E-state index in [1.807, 2.05) is 11.0 Å². The van der Waals surface area contributed by atoms with Gasteiger partial charge in [-0.3, -0.25) is 4.90 Å². The summed E-state index contributed by atoms with van der Waals surface area (Å²) in [4.78, 5) is 17.0. The minimum Gasteiger partial charge on any atom is -0.335 e. The van der Waals surface area contributed by atoms with Gasteiger partial charge >= 0.3 is 6.03 Å². The molecule has 2 aliphatic heterocycles. The molecule has 3 rings (SSSR count). The van der Waals surface area contributed by atoms with Gasteiger partial charge in [0.25, 0.3) is 0 Å². The zero-order valence-corrected chi connectivity index (χ0v) is 16.4. The third-order valence-electron chi connectivity index (χ3n) is 6.04. The van der Waals surface area contributed by atoms with E-state index in [1.165, 1.54) is 5.56 Å². The van der Waals surface area contributed by atoms with Crippen LogP contribution in [0.5, 0.6) is 0 Å². The van der Waals surface area contributed by atoms with Gasteiger partial charge in [0.1, 0.15) is 0 Å². The largest absolute Gasteiger partial charge is 0.335 e. The van der Waals surface area contributed by atoms with Crippen molar-refractivity contribution in [3.05, 3.63) is 48.6 Å². The fourth-order valence-corrected chi connectivity index (χ4v) is 4.26. The molecule has 2 aliphatic rings. The number of urea groups is 1. The summed E-state index contributed by atoms with van der Waals surface area (Å²) < 4.78 is 0. The average Bonchev–Trinajstić information content (AvgIpc) is 2.70. The molecule has 0 spiro atoms. The van der Waals surface area contributed by atoms with Crippen LogP contribution in [0.3, 0.4) is 0 Å². The number of nitrogens with two attached hydrogens (primary N) is 1. The maximum absolute atomic E-state index is 12.6. The van der Waals surface area contributed by atoms with E-state index in [9.17, 15) is 4.79 Å². The second kappa shape index (κ2) is 9.90. The zero-order chi connectivity index (χ0) is 19.1. The molecule has 1 unspecified atom stereocenters. The van der Waals surface area contributed by atoms with Crippen molar-refractivity contribution >= 4 is 6.03 Å². The van der Waals surface area contributed by atoms with Crippen molar-refractivity contribution in [2.45, 2.75) is 50.7 Å². The minimum absolute atomic E-state index is 0.104. The Kier molecular flexibility index (Phi) is 7.30. The molecule has 0 saturated carbocycles. The molecule has 148 valence electrons. The summed E-state index contributed by atoms with van der Waals surface area (Å²) in [6.45, 7) is 8.48. The molecule has 1 aromatic carbocycles. The van der Waals surface area contributed by atoms with Crippen LogP contribution < -0.4 is 11.1 Å². The van der Waals surface area contributed by atoms with Crippen molar-refractivity contribution in [1.82, 2.24) is 15.1 Å². The molecule has 2 saturated heterocycles. The fraction of sp³-hybridized carbons (Fsp3) is 0.591. The molecule has 0 aliphatic carbocycles. The second-order valence-electron chi connectivity index (χ2n) is 8.00. The Morgan fingerprint density at radius 1 is 1.15 bits per heavy atom. The van der Waals surface area contributed by atoms with Crippen LogP contribution in [-0.2, 0) is 6.54 Å². The molecule has 2 fully saturated rings. The summed E-state index contributed by atoms with van der Waals surface area (Å²) in [7, 11) is 0. The first-order chi connectivity index (χ1) is 13.2. The first-order valence-corrected chi connectivity index (χ1v) is 10.3. The van der Waals surface area contributed by atoms with Crippen LogP contribution in [-0.4, -0.2) is 54.1 Å². The molecule has 0 radical (unpaired) electrons. The Hall–Kier alpha value is -1.85. The highest BCUT2D eigenvalue weighted by molar-refractivity contribution is 5.74. The number of hydrogen-bond acceptors (Lipinski definition) is 3. The summed E-state index contributed by atoms with van der Waals surface area (Å²) in [5.41, 5.74) is 7.56. The molecular weight excluding hydrogens is 336 g/mol. The Balaban J connectivity index is 1.37. The SMILES string of the molecule is C=CCC(N)C1CCN(C(=O)NC2CCN(Cc3ccccc3)CC2)CC1. The van der Waals surface area contributed by atoms with Crippen LogP contribution in [0.1, 0.15) is 37.7 Å². The van der Waals surface area contributed by atoms with Crippen LogP contribution in [0.4, 0.5) is 4.79 Å². The van der Waals surface area contributed by atoms with Crippen LogP contribution in [0, 0.1) is 5.92 Å². The predicted molar refractivity (Wildman–Crippen MR) is 110 cm³/mol. The van der Waals surface area contributed by atoms with Gasteiger partial charge < -0.3 is 16.0 Å². The number of amides is 2. The van der Waals surface area contributed by atoms with Gasteiger partial charge in [0, 0.05) is 44.8 Å². The van der Waals surface area contributed by atoms with E-state index >= 15 is 0 Å². The predicted octanol–water partition coefficient (Wildman–Crippen LogP) is 2.98. The second-order valence-corrected chi connectivity index (χ2v) is 8.00. The highest BCUT2D eigenvalue weighted by Crippen LogP contribution is 2.22. The molecule has 0 aromatic heterocycles. The van der Waals surface area contributed by atoms with E-state index in [0.29, 0.717) is 12.0 Å². The smallest absolute Gasteiger partial charge is 0.317 e. The molecule has 0 bridgehead atoms. The van der Waals surface area contributed by atoms with Crippen molar-refractivity contribution < 1.29 is 4.79 Å². The molecule has 5 nitrogen and oxygen atoms in total. The number of carbonyl (C=O) groups excluding carboxylic acids is 1. The lowest BCUT2D eigenvalue weighted by Crippen LogP contribution is -2.51. The lowest BCUT2D eigenvalue weighted by molar-refractivity contribution is 0.148. The number of carbonyl (C=O) groups is 1. The molecule has 3 N–H and O–H groups in total. The Morgan fingerprint density at radius 2 is 1.81 bits per heavy atom.